The molecule has 0 saturated heterocycles. The minimum atomic E-state index is -4.32. The van der Waals surface area contributed by atoms with Gasteiger partial charge in [0.15, 0.2) is 0 Å². The van der Waals surface area contributed by atoms with Crippen molar-refractivity contribution in [3.63, 3.8) is 0 Å². The van der Waals surface area contributed by atoms with E-state index >= 15 is 0 Å². The highest BCUT2D eigenvalue weighted by Gasteiger charge is 2.48. The molecule has 2 rings (SSSR count). The van der Waals surface area contributed by atoms with Gasteiger partial charge in [0, 0.05) is 24.0 Å². The average molecular weight is 258 g/mol. The molecule has 0 spiro atoms. The topological polar surface area (TPSA) is 24.9 Å². The molecule has 0 aliphatic heterocycles. The molecule has 2 nitrogen and oxygen atoms in total. The molecule has 0 aromatic carbocycles. The second-order valence-electron chi connectivity index (χ2n) is 5.11. The molecule has 1 N–H and O–H groups in total. The van der Waals surface area contributed by atoms with E-state index < -0.39 is 11.7 Å². The molecule has 1 aromatic heterocycles. The van der Waals surface area contributed by atoms with Gasteiger partial charge in [0.25, 0.3) is 0 Å². The van der Waals surface area contributed by atoms with E-state index in [0.29, 0.717) is 6.54 Å². The fourth-order valence-electron chi connectivity index (χ4n) is 2.32. The Morgan fingerprint density at radius 3 is 2.61 bits per heavy atom. The standard InChI is InChI=1S/C13H17F3N2/c1-3-18-11(12(2)5-6-12)9-8-17-7-4-10(9)13(14,15)16/h4,7-8,11,18H,3,5-6H2,1-2H3. The fourth-order valence-corrected chi connectivity index (χ4v) is 2.32. The monoisotopic (exact) mass is 258 g/mol. The molecule has 1 saturated carbocycles. The van der Waals surface area contributed by atoms with Crippen LogP contribution in [-0.4, -0.2) is 11.5 Å². The van der Waals surface area contributed by atoms with E-state index in [1.54, 1.807) is 0 Å². The zero-order valence-corrected chi connectivity index (χ0v) is 10.5. The maximum absolute atomic E-state index is 13.0. The van der Waals surface area contributed by atoms with Crippen molar-refractivity contribution in [3.05, 3.63) is 29.6 Å². The lowest BCUT2D eigenvalue weighted by Gasteiger charge is -2.27. The molecule has 5 heteroatoms. The third kappa shape index (κ3) is 2.51. The fraction of sp³-hybridized carbons (Fsp3) is 0.615. The van der Waals surface area contributed by atoms with Crippen LogP contribution < -0.4 is 5.32 Å². The van der Waals surface area contributed by atoms with Crippen molar-refractivity contribution in [3.8, 4) is 0 Å². The quantitative estimate of drug-likeness (QED) is 0.893. The Morgan fingerprint density at radius 1 is 1.44 bits per heavy atom. The zero-order valence-electron chi connectivity index (χ0n) is 10.5. The molecule has 1 atom stereocenters. The van der Waals surface area contributed by atoms with E-state index in [1.807, 2.05) is 13.8 Å². The van der Waals surface area contributed by atoms with Crippen LogP contribution in [-0.2, 0) is 6.18 Å². The summed E-state index contributed by atoms with van der Waals surface area (Å²) in [6, 6.07) is 0.790. The van der Waals surface area contributed by atoms with Gasteiger partial charge in [-0.3, -0.25) is 4.98 Å². The molecule has 1 heterocycles. The van der Waals surface area contributed by atoms with Gasteiger partial charge in [0.05, 0.1) is 5.56 Å². The summed E-state index contributed by atoms with van der Waals surface area (Å²) in [6.45, 7) is 4.57. The number of hydrogen-bond donors (Lipinski definition) is 1. The number of alkyl halides is 3. The smallest absolute Gasteiger partial charge is 0.310 e. The van der Waals surface area contributed by atoms with E-state index in [1.165, 1.54) is 12.4 Å². The van der Waals surface area contributed by atoms with Crippen LogP contribution in [0.3, 0.4) is 0 Å². The molecule has 0 bridgehead atoms. The molecule has 1 aliphatic rings. The van der Waals surface area contributed by atoms with Crippen LogP contribution in [0.2, 0.25) is 0 Å². The first-order chi connectivity index (χ1) is 8.38. The van der Waals surface area contributed by atoms with Gasteiger partial charge >= 0.3 is 6.18 Å². The maximum atomic E-state index is 13.0. The van der Waals surface area contributed by atoms with Crippen LogP contribution in [0.5, 0.6) is 0 Å². The van der Waals surface area contributed by atoms with Crippen molar-refractivity contribution in [2.24, 2.45) is 5.41 Å². The Kier molecular flexibility index (Phi) is 3.36. The minimum Gasteiger partial charge on any atom is -0.310 e. The van der Waals surface area contributed by atoms with Crippen LogP contribution >= 0.6 is 0 Å². The predicted molar refractivity (Wildman–Crippen MR) is 63.0 cm³/mol. The summed E-state index contributed by atoms with van der Waals surface area (Å²) >= 11 is 0. The summed E-state index contributed by atoms with van der Waals surface area (Å²) in [7, 11) is 0. The van der Waals surface area contributed by atoms with Gasteiger partial charge in [0.2, 0.25) is 0 Å². The number of hydrogen-bond acceptors (Lipinski definition) is 2. The van der Waals surface area contributed by atoms with Crippen LogP contribution in [0.15, 0.2) is 18.5 Å². The van der Waals surface area contributed by atoms with Gasteiger partial charge in [-0.05, 0) is 30.9 Å². The number of nitrogens with zero attached hydrogens (tertiary/aromatic N) is 1. The number of halogens is 3. The summed E-state index contributed by atoms with van der Waals surface area (Å²) in [4.78, 5) is 3.86. The lowest BCUT2D eigenvalue weighted by atomic mass is 9.89. The Morgan fingerprint density at radius 2 is 2.11 bits per heavy atom. The van der Waals surface area contributed by atoms with Crippen molar-refractivity contribution >= 4 is 0 Å². The van der Waals surface area contributed by atoms with Crippen molar-refractivity contribution in [1.82, 2.24) is 10.3 Å². The number of rotatable bonds is 4. The molecule has 100 valence electrons. The van der Waals surface area contributed by atoms with Crippen molar-refractivity contribution in [1.29, 1.82) is 0 Å². The summed E-state index contributed by atoms with van der Waals surface area (Å²) in [6.07, 6.45) is 0.134. The summed E-state index contributed by atoms with van der Waals surface area (Å²) in [5.41, 5.74) is -0.373. The lowest BCUT2D eigenvalue weighted by Crippen LogP contribution is -2.30. The second kappa shape index (κ2) is 4.53. The van der Waals surface area contributed by atoms with Crippen LogP contribution in [0.4, 0.5) is 13.2 Å². The molecular weight excluding hydrogens is 241 g/mol. The summed E-state index contributed by atoms with van der Waals surface area (Å²) in [5, 5.41) is 3.17. The van der Waals surface area contributed by atoms with E-state index in [2.05, 4.69) is 10.3 Å². The molecule has 18 heavy (non-hydrogen) atoms. The van der Waals surface area contributed by atoms with Crippen molar-refractivity contribution in [2.75, 3.05) is 6.54 Å². The van der Waals surface area contributed by atoms with Gasteiger partial charge < -0.3 is 5.32 Å². The van der Waals surface area contributed by atoms with E-state index in [4.69, 9.17) is 0 Å². The highest BCUT2D eigenvalue weighted by molar-refractivity contribution is 5.32. The third-order valence-corrected chi connectivity index (χ3v) is 3.61. The lowest BCUT2D eigenvalue weighted by molar-refractivity contribution is -0.138. The minimum absolute atomic E-state index is 0.0704. The van der Waals surface area contributed by atoms with Crippen LogP contribution in [0.1, 0.15) is 43.9 Å². The van der Waals surface area contributed by atoms with Crippen molar-refractivity contribution in [2.45, 2.75) is 38.9 Å². The molecule has 1 aliphatic carbocycles. The number of aromatic nitrogens is 1. The Labute approximate surface area is 105 Å². The molecule has 1 fully saturated rings. The first-order valence-electron chi connectivity index (χ1n) is 6.13. The molecule has 1 unspecified atom stereocenters. The highest BCUT2D eigenvalue weighted by Crippen LogP contribution is 2.55. The van der Waals surface area contributed by atoms with Gasteiger partial charge in [-0.15, -0.1) is 0 Å². The van der Waals surface area contributed by atoms with E-state index in [-0.39, 0.29) is 17.0 Å². The Hall–Kier alpha value is -1.10. The molecule has 0 amide bonds. The molecule has 0 radical (unpaired) electrons. The summed E-state index contributed by atoms with van der Waals surface area (Å²) < 4.78 is 39.0. The highest BCUT2D eigenvalue weighted by atomic mass is 19.4. The van der Waals surface area contributed by atoms with Gasteiger partial charge in [-0.25, -0.2) is 0 Å². The number of pyridine rings is 1. The summed E-state index contributed by atoms with van der Waals surface area (Å²) in [5.74, 6) is 0. The van der Waals surface area contributed by atoms with Gasteiger partial charge in [0.1, 0.15) is 0 Å². The van der Waals surface area contributed by atoms with Gasteiger partial charge in [-0.1, -0.05) is 13.8 Å². The van der Waals surface area contributed by atoms with E-state index in [0.717, 1.165) is 18.9 Å². The Bertz CT molecular complexity index is 424. The zero-order chi connectivity index (χ0) is 13.4. The van der Waals surface area contributed by atoms with Crippen LogP contribution in [0, 0.1) is 5.41 Å². The van der Waals surface area contributed by atoms with Crippen molar-refractivity contribution < 1.29 is 13.2 Å². The normalized spacial score (nSPS) is 19.6. The van der Waals surface area contributed by atoms with Gasteiger partial charge in [-0.2, -0.15) is 13.2 Å². The maximum Gasteiger partial charge on any atom is 0.416 e. The molecular formula is C13H17F3N2. The molecule has 1 aromatic rings. The first-order valence-corrected chi connectivity index (χ1v) is 6.13. The average Bonchev–Trinajstić information content (AvgIpc) is 3.04. The third-order valence-electron chi connectivity index (χ3n) is 3.61. The number of nitrogens with one attached hydrogen (secondary N) is 1. The second-order valence-corrected chi connectivity index (χ2v) is 5.11. The Balaban J connectivity index is 2.42. The van der Waals surface area contributed by atoms with E-state index in [9.17, 15) is 13.2 Å². The predicted octanol–water partition coefficient (Wildman–Crippen LogP) is 3.55. The first kappa shape index (κ1) is 13.3. The SMILES string of the molecule is CCNC(c1cnccc1C(F)(F)F)C1(C)CC1. The van der Waals surface area contributed by atoms with Crippen LogP contribution in [0.25, 0.3) is 0 Å². The largest absolute Gasteiger partial charge is 0.416 e.